The zero-order valence-corrected chi connectivity index (χ0v) is 13.8. The van der Waals surface area contributed by atoms with Gasteiger partial charge in [-0.1, -0.05) is 36.2 Å². The number of halogens is 2. The van der Waals surface area contributed by atoms with Crippen molar-refractivity contribution in [3.63, 3.8) is 0 Å². The maximum Gasteiger partial charge on any atom is 0.137 e. The van der Waals surface area contributed by atoms with E-state index < -0.39 is 0 Å². The van der Waals surface area contributed by atoms with Gasteiger partial charge in [-0.25, -0.2) is 0 Å². The van der Waals surface area contributed by atoms with Gasteiger partial charge in [-0.15, -0.1) is 0 Å². The van der Waals surface area contributed by atoms with Crippen LogP contribution in [-0.2, 0) is 4.79 Å². The SMILES string of the molecule is CCC(=O)[C@@H]1C2CCC(CC1c1ccc(Cl)c(Cl)c1)S2. The van der Waals surface area contributed by atoms with Gasteiger partial charge in [-0.3, -0.25) is 4.79 Å². The molecule has 2 heterocycles. The van der Waals surface area contributed by atoms with Crippen LogP contribution in [0.25, 0.3) is 0 Å². The normalized spacial score (nSPS) is 32.4. The molecular formula is C16H18Cl2OS. The van der Waals surface area contributed by atoms with E-state index in [-0.39, 0.29) is 5.92 Å². The summed E-state index contributed by atoms with van der Waals surface area (Å²) >= 11 is 14.2. The first-order valence-electron chi connectivity index (χ1n) is 7.23. The van der Waals surface area contributed by atoms with Crippen LogP contribution >= 0.6 is 35.0 Å². The molecule has 3 rings (SSSR count). The first kappa shape index (κ1) is 14.7. The highest BCUT2D eigenvalue weighted by molar-refractivity contribution is 8.00. The van der Waals surface area contributed by atoms with E-state index in [1.54, 1.807) is 0 Å². The Balaban J connectivity index is 1.96. The van der Waals surface area contributed by atoms with Crippen LogP contribution in [0.15, 0.2) is 18.2 Å². The first-order valence-corrected chi connectivity index (χ1v) is 8.93. The smallest absolute Gasteiger partial charge is 0.137 e. The Morgan fingerprint density at radius 3 is 2.80 bits per heavy atom. The maximum atomic E-state index is 12.4. The summed E-state index contributed by atoms with van der Waals surface area (Å²) in [6, 6.07) is 5.86. The zero-order chi connectivity index (χ0) is 14.3. The molecule has 2 saturated heterocycles. The van der Waals surface area contributed by atoms with E-state index in [1.165, 1.54) is 18.4 Å². The molecule has 0 radical (unpaired) electrons. The second kappa shape index (κ2) is 5.90. The molecule has 108 valence electrons. The van der Waals surface area contributed by atoms with Crippen molar-refractivity contribution in [2.45, 2.75) is 49.0 Å². The van der Waals surface area contributed by atoms with Crippen LogP contribution < -0.4 is 0 Å². The van der Waals surface area contributed by atoms with Crippen molar-refractivity contribution in [3.05, 3.63) is 33.8 Å². The summed E-state index contributed by atoms with van der Waals surface area (Å²) in [5.41, 5.74) is 1.18. The number of fused-ring (bicyclic) bond motifs is 2. The summed E-state index contributed by atoms with van der Waals surface area (Å²) < 4.78 is 0. The number of benzene rings is 1. The third-order valence-electron chi connectivity index (χ3n) is 4.58. The minimum absolute atomic E-state index is 0.154. The number of Topliss-reactive ketones (excluding diaryl/α,β-unsaturated/α-hetero) is 1. The predicted octanol–water partition coefficient (Wildman–Crippen LogP) is 5.34. The van der Waals surface area contributed by atoms with Crippen molar-refractivity contribution in [3.8, 4) is 0 Å². The lowest BCUT2D eigenvalue weighted by Gasteiger charge is -2.35. The van der Waals surface area contributed by atoms with Crippen LogP contribution in [-0.4, -0.2) is 16.3 Å². The van der Waals surface area contributed by atoms with Crippen LogP contribution in [0.2, 0.25) is 10.0 Å². The van der Waals surface area contributed by atoms with Crippen molar-refractivity contribution in [2.24, 2.45) is 5.92 Å². The molecule has 0 N–H and O–H groups in total. The summed E-state index contributed by atoms with van der Waals surface area (Å²) in [5, 5.41) is 2.39. The van der Waals surface area contributed by atoms with Crippen molar-refractivity contribution >= 4 is 40.7 Å². The number of carbonyl (C=O) groups is 1. The zero-order valence-electron chi connectivity index (χ0n) is 11.4. The number of hydrogen-bond acceptors (Lipinski definition) is 2. The average Bonchev–Trinajstić information content (AvgIpc) is 2.82. The average molecular weight is 329 g/mol. The Hall–Kier alpha value is -0.180. The van der Waals surface area contributed by atoms with Gasteiger partial charge < -0.3 is 0 Å². The Kier molecular flexibility index (Phi) is 4.35. The molecule has 2 fully saturated rings. The number of carbonyl (C=O) groups excluding carboxylic acids is 1. The summed E-state index contributed by atoms with van der Waals surface area (Å²) in [6.45, 7) is 1.97. The molecule has 2 bridgehead atoms. The molecule has 4 heteroatoms. The molecule has 2 aliphatic heterocycles. The summed E-state index contributed by atoms with van der Waals surface area (Å²) in [6.07, 6.45) is 4.16. The molecule has 20 heavy (non-hydrogen) atoms. The maximum absolute atomic E-state index is 12.4. The number of thioether (sulfide) groups is 1. The molecule has 1 aromatic carbocycles. The molecule has 0 aromatic heterocycles. The van der Waals surface area contributed by atoms with E-state index in [2.05, 4.69) is 0 Å². The van der Waals surface area contributed by atoms with Crippen molar-refractivity contribution in [2.75, 3.05) is 0 Å². The van der Waals surface area contributed by atoms with Gasteiger partial charge in [-0.2, -0.15) is 11.8 Å². The van der Waals surface area contributed by atoms with Gasteiger partial charge in [0.05, 0.1) is 10.0 Å². The number of ketones is 1. The van der Waals surface area contributed by atoms with Crippen LogP contribution in [0.5, 0.6) is 0 Å². The van der Waals surface area contributed by atoms with Crippen molar-refractivity contribution in [1.82, 2.24) is 0 Å². The monoisotopic (exact) mass is 328 g/mol. The molecule has 1 aromatic rings. The van der Waals surface area contributed by atoms with Crippen LogP contribution in [0, 0.1) is 5.92 Å². The fourth-order valence-electron chi connectivity index (χ4n) is 3.61. The Morgan fingerprint density at radius 1 is 1.30 bits per heavy atom. The van der Waals surface area contributed by atoms with Crippen molar-refractivity contribution in [1.29, 1.82) is 0 Å². The fourth-order valence-corrected chi connectivity index (χ4v) is 5.79. The van der Waals surface area contributed by atoms with E-state index in [9.17, 15) is 4.79 Å². The molecule has 0 aliphatic carbocycles. The highest BCUT2D eigenvalue weighted by Gasteiger charge is 2.45. The molecule has 3 unspecified atom stereocenters. The lowest BCUT2D eigenvalue weighted by molar-refractivity contribution is -0.123. The second-order valence-electron chi connectivity index (χ2n) is 5.74. The summed E-state index contributed by atoms with van der Waals surface area (Å²) in [4.78, 5) is 12.4. The molecule has 1 nitrogen and oxygen atoms in total. The van der Waals surface area contributed by atoms with E-state index in [0.717, 1.165) is 6.42 Å². The third kappa shape index (κ3) is 2.63. The van der Waals surface area contributed by atoms with Gasteiger partial charge in [0, 0.05) is 22.8 Å². The van der Waals surface area contributed by atoms with E-state index in [1.807, 2.05) is 36.9 Å². The van der Waals surface area contributed by atoms with Crippen molar-refractivity contribution < 1.29 is 4.79 Å². The minimum Gasteiger partial charge on any atom is -0.299 e. The Morgan fingerprint density at radius 2 is 2.10 bits per heavy atom. The molecule has 4 atom stereocenters. The summed E-state index contributed by atoms with van der Waals surface area (Å²) in [7, 11) is 0. The molecule has 2 aliphatic rings. The van der Waals surface area contributed by atoms with Crippen LogP contribution in [0.1, 0.15) is 44.1 Å². The molecule has 0 amide bonds. The third-order valence-corrected chi connectivity index (χ3v) is 7.01. The van der Waals surface area contributed by atoms with Gasteiger partial charge >= 0.3 is 0 Å². The predicted molar refractivity (Wildman–Crippen MR) is 87.0 cm³/mol. The van der Waals surface area contributed by atoms with E-state index in [4.69, 9.17) is 23.2 Å². The Labute approximate surface area is 134 Å². The largest absolute Gasteiger partial charge is 0.299 e. The fraction of sp³-hybridized carbons (Fsp3) is 0.562. The second-order valence-corrected chi connectivity index (χ2v) is 8.09. The van der Waals surface area contributed by atoms with E-state index >= 15 is 0 Å². The minimum atomic E-state index is 0.154. The molecule has 0 spiro atoms. The van der Waals surface area contributed by atoms with Gasteiger partial charge in [0.2, 0.25) is 0 Å². The Bertz CT molecular complexity index is 531. The highest BCUT2D eigenvalue weighted by atomic mass is 35.5. The van der Waals surface area contributed by atoms with Crippen LogP contribution in [0.3, 0.4) is 0 Å². The number of rotatable bonds is 3. The van der Waals surface area contributed by atoms with Gasteiger partial charge in [-0.05, 0) is 42.9 Å². The molecule has 0 saturated carbocycles. The summed E-state index contributed by atoms with van der Waals surface area (Å²) in [5.74, 6) is 0.871. The van der Waals surface area contributed by atoms with Gasteiger partial charge in [0.15, 0.2) is 0 Å². The van der Waals surface area contributed by atoms with Gasteiger partial charge in [0.25, 0.3) is 0 Å². The first-order chi connectivity index (χ1) is 9.60. The van der Waals surface area contributed by atoms with Crippen LogP contribution in [0.4, 0.5) is 0 Å². The lowest BCUT2D eigenvalue weighted by Crippen LogP contribution is -2.34. The van der Waals surface area contributed by atoms with E-state index in [0.29, 0.717) is 38.7 Å². The molecular weight excluding hydrogens is 311 g/mol. The standard InChI is InChI=1S/C16H18Cl2OS/c1-2-14(19)16-11(8-10-4-6-15(16)20-10)9-3-5-12(17)13(18)7-9/h3,5,7,10-11,15-16H,2,4,6,8H2,1H3/t10?,11?,15?,16-/m1/s1. The highest BCUT2D eigenvalue weighted by Crippen LogP contribution is 2.53. The topological polar surface area (TPSA) is 17.1 Å². The quantitative estimate of drug-likeness (QED) is 0.744. The number of hydrogen-bond donors (Lipinski definition) is 0. The lowest BCUT2D eigenvalue weighted by atomic mass is 9.78. The van der Waals surface area contributed by atoms with Gasteiger partial charge in [0.1, 0.15) is 5.78 Å².